The molecule has 5 heteroatoms. The van der Waals surface area contributed by atoms with Crippen molar-refractivity contribution in [2.45, 2.75) is 19.4 Å². The number of nitrogens with zero attached hydrogens (tertiary/aromatic N) is 2. The Kier molecular flexibility index (Phi) is 4.30. The highest BCUT2D eigenvalue weighted by atomic mass is 16.3. The van der Waals surface area contributed by atoms with Crippen LogP contribution in [0.2, 0.25) is 0 Å². The van der Waals surface area contributed by atoms with Gasteiger partial charge in [-0.15, -0.1) is 0 Å². The molecule has 0 spiro atoms. The molecule has 0 aliphatic rings. The second-order valence-electron chi connectivity index (χ2n) is 4.31. The zero-order chi connectivity index (χ0) is 13.7. The van der Waals surface area contributed by atoms with Crippen molar-refractivity contribution in [1.82, 2.24) is 9.97 Å². The number of aryl methyl sites for hydroxylation is 1. The molecule has 1 unspecified atom stereocenters. The van der Waals surface area contributed by atoms with Crippen molar-refractivity contribution in [3.63, 3.8) is 0 Å². The summed E-state index contributed by atoms with van der Waals surface area (Å²) in [5.41, 5.74) is 8.09. The summed E-state index contributed by atoms with van der Waals surface area (Å²) in [7, 11) is 0. The van der Waals surface area contributed by atoms with Gasteiger partial charge in [0.2, 0.25) is 0 Å². The van der Waals surface area contributed by atoms with E-state index < -0.39 is 6.10 Å². The van der Waals surface area contributed by atoms with Crippen molar-refractivity contribution in [2.24, 2.45) is 0 Å². The molecule has 0 saturated carbocycles. The van der Waals surface area contributed by atoms with E-state index in [1.165, 1.54) is 6.33 Å². The molecule has 1 heterocycles. The maximum Gasteiger partial charge on any atom is 0.129 e. The highest BCUT2D eigenvalue weighted by Gasteiger charge is 2.07. The van der Waals surface area contributed by atoms with E-state index in [0.717, 1.165) is 23.5 Å². The van der Waals surface area contributed by atoms with Gasteiger partial charge in [-0.05, 0) is 24.1 Å². The van der Waals surface area contributed by atoms with Crippen LogP contribution in [0, 0.1) is 0 Å². The standard InChI is InChI=1S/C14H18N4O/c1-2-12-7-14(18-9-17-12)16-8-13(19)10-3-5-11(15)6-4-10/h3-7,9,13,19H,2,8,15H2,1H3,(H,16,17,18). The molecule has 1 aromatic carbocycles. The van der Waals surface area contributed by atoms with Gasteiger partial charge in [0.25, 0.3) is 0 Å². The maximum atomic E-state index is 10.1. The van der Waals surface area contributed by atoms with Crippen LogP contribution in [-0.4, -0.2) is 21.6 Å². The van der Waals surface area contributed by atoms with Crippen LogP contribution in [-0.2, 0) is 6.42 Å². The lowest BCUT2D eigenvalue weighted by Crippen LogP contribution is -2.13. The van der Waals surface area contributed by atoms with Crippen LogP contribution in [0.4, 0.5) is 11.5 Å². The molecule has 100 valence electrons. The van der Waals surface area contributed by atoms with Gasteiger partial charge in [0.15, 0.2) is 0 Å². The Morgan fingerprint density at radius 1 is 1.26 bits per heavy atom. The third-order valence-corrected chi connectivity index (χ3v) is 2.88. The highest BCUT2D eigenvalue weighted by molar-refractivity contribution is 5.40. The van der Waals surface area contributed by atoms with Crippen LogP contribution >= 0.6 is 0 Å². The van der Waals surface area contributed by atoms with Crippen LogP contribution in [0.1, 0.15) is 24.3 Å². The van der Waals surface area contributed by atoms with Crippen LogP contribution in [0.25, 0.3) is 0 Å². The van der Waals surface area contributed by atoms with Crippen LogP contribution in [0.3, 0.4) is 0 Å². The summed E-state index contributed by atoms with van der Waals surface area (Å²) < 4.78 is 0. The minimum absolute atomic E-state index is 0.393. The first kappa shape index (κ1) is 13.3. The molecule has 4 N–H and O–H groups in total. The normalized spacial score (nSPS) is 12.1. The van der Waals surface area contributed by atoms with E-state index in [1.807, 2.05) is 25.1 Å². The zero-order valence-electron chi connectivity index (χ0n) is 10.9. The molecule has 0 fully saturated rings. The molecule has 5 nitrogen and oxygen atoms in total. The van der Waals surface area contributed by atoms with E-state index in [1.54, 1.807) is 12.1 Å². The Morgan fingerprint density at radius 2 is 2.00 bits per heavy atom. The molecular weight excluding hydrogens is 240 g/mol. The predicted molar refractivity (Wildman–Crippen MR) is 75.7 cm³/mol. The molecule has 2 aromatic rings. The van der Waals surface area contributed by atoms with Crippen molar-refractivity contribution in [3.8, 4) is 0 Å². The van der Waals surface area contributed by atoms with Gasteiger partial charge in [-0.1, -0.05) is 19.1 Å². The smallest absolute Gasteiger partial charge is 0.129 e. The van der Waals surface area contributed by atoms with Crippen LogP contribution in [0.15, 0.2) is 36.7 Å². The number of aromatic nitrogens is 2. The van der Waals surface area contributed by atoms with Crippen molar-refractivity contribution in [2.75, 3.05) is 17.6 Å². The first-order valence-corrected chi connectivity index (χ1v) is 6.27. The number of hydrogen-bond donors (Lipinski definition) is 3. The number of anilines is 2. The van der Waals surface area contributed by atoms with Crippen molar-refractivity contribution in [1.29, 1.82) is 0 Å². The maximum absolute atomic E-state index is 10.1. The Hall–Kier alpha value is -2.14. The second-order valence-corrected chi connectivity index (χ2v) is 4.31. The molecule has 0 aliphatic carbocycles. The van der Waals surface area contributed by atoms with Gasteiger partial charge in [0.05, 0.1) is 6.10 Å². The summed E-state index contributed by atoms with van der Waals surface area (Å²) in [6, 6.07) is 9.07. The number of aliphatic hydroxyl groups excluding tert-OH is 1. The molecular formula is C14H18N4O. The van der Waals surface area contributed by atoms with Crippen LogP contribution in [0.5, 0.6) is 0 Å². The van der Waals surface area contributed by atoms with E-state index in [0.29, 0.717) is 12.2 Å². The molecule has 1 aromatic heterocycles. The predicted octanol–water partition coefficient (Wildman–Crippen LogP) is 1.77. The lowest BCUT2D eigenvalue weighted by atomic mass is 10.1. The van der Waals surface area contributed by atoms with Gasteiger partial charge in [-0.3, -0.25) is 0 Å². The van der Waals surface area contributed by atoms with Crippen molar-refractivity contribution in [3.05, 3.63) is 47.9 Å². The highest BCUT2D eigenvalue weighted by Crippen LogP contribution is 2.15. The average molecular weight is 258 g/mol. The number of rotatable bonds is 5. The lowest BCUT2D eigenvalue weighted by molar-refractivity contribution is 0.191. The minimum atomic E-state index is -0.597. The molecule has 0 amide bonds. The van der Waals surface area contributed by atoms with Gasteiger partial charge in [-0.25, -0.2) is 9.97 Å². The number of nitrogen functional groups attached to an aromatic ring is 1. The third kappa shape index (κ3) is 3.66. The third-order valence-electron chi connectivity index (χ3n) is 2.88. The lowest BCUT2D eigenvalue weighted by Gasteiger charge is -2.13. The Labute approximate surface area is 112 Å². The Morgan fingerprint density at radius 3 is 2.68 bits per heavy atom. The van der Waals surface area contributed by atoms with Crippen molar-refractivity contribution >= 4 is 11.5 Å². The number of nitrogens with two attached hydrogens (primary N) is 1. The summed E-state index contributed by atoms with van der Waals surface area (Å²) in [4.78, 5) is 8.24. The Bertz CT molecular complexity index is 527. The number of hydrogen-bond acceptors (Lipinski definition) is 5. The Balaban J connectivity index is 1.96. The van der Waals surface area contributed by atoms with Crippen LogP contribution < -0.4 is 11.1 Å². The van der Waals surface area contributed by atoms with E-state index in [2.05, 4.69) is 15.3 Å². The van der Waals surface area contributed by atoms with Gasteiger partial charge < -0.3 is 16.2 Å². The van der Waals surface area contributed by atoms with E-state index >= 15 is 0 Å². The molecule has 0 aliphatic heterocycles. The summed E-state index contributed by atoms with van der Waals surface area (Å²) in [5.74, 6) is 0.723. The summed E-state index contributed by atoms with van der Waals surface area (Å²) in [6.07, 6.45) is 1.79. The monoisotopic (exact) mass is 258 g/mol. The summed E-state index contributed by atoms with van der Waals surface area (Å²) >= 11 is 0. The molecule has 0 radical (unpaired) electrons. The quantitative estimate of drug-likeness (QED) is 0.712. The van der Waals surface area contributed by atoms with Gasteiger partial charge in [-0.2, -0.15) is 0 Å². The zero-order valence-corrected chi connectivity index (χ0v) is 10.9. The van der Waals surface area contributed by atoms with E-state index in [4.69, 9.17) is 5.73 Å². The molecule has 0 saturated heterocycles. The summed E-state index contributed by atoms with van der Waals surface area (Å²) in [6.45, 7) is 2.43. The molecule has 19 heavy (non-hydrogen) atoms. The SMILES string of the molecule is CCc1cc(NCC(O)c2ccc(N)cc2)ncn1. The average Bonchev–Trinajstić information content (AvgIpc) is 2.46. The van der Waals surface area contributed by atoms with Gasteiger partial charge in [0.1, 0.15) is 12.1 Å². The van der Waals surface area contributed by atoms with Crippen molar-refractivity contribution < 1.29 is 5.11 Å². The fourth-order valence-corrected chi connectivity index (χ4v) is 1.72. The number of benzene rings is 1. The molecule has 2 rings (SSSR count). The fourth-order valence-electron chi connectivity index (χ4n) is 1.72. The first-order chi connectivity index (χ1) is 9.19. The van der Waals surface area contributed by atoms with Gasteiger partial charge >= 0.3 is 0 Å². The number of aliphatic hydroxyl groups is 1. The molecule has 1 atom stereocenters. The fraction of sp³-hybridized carbons (Fsp3) is 0.286. The molecule has 0 bridgehead atoms. The van der Waals surface area contributed by atoms with E-state index in [9.17, 15) is 5.11 Å². The van der Waals surface area contributed by atoms with Gasteiger partial charge in [0, 0.05) is 24.0 Å². The minimum Gasteiger partial charge on any atom is -0.399 e. The second kappa shape index (κ2) is 6.15. The summed E-state index contributed by atoms with van der Waals surface area (Å²) in [5, 5.41) is 13.2. The first-order valence-electron chi connectivity index (χ1n) is 6.27. The topological polar surface area (TPSA) is 84.1 Å². The van der Waals surface area contributed by atoms with E-state index in [-0.39, 0.29) is 0 Å². The number of nitrogens with one attached hydrogen (secondary N) is 1. The largest absolute Gasteiger partial charge is 0.399 e.